The zero-order valence-corrected chi connectivity index (χ0v) is 11.2. The van der Waals surface area contributed by atoms with Crippen LogP contribution in [-0.4, -0.2) is 51.6 Å². The molecular weight excluding hydrogens is 242 g/mol. The molecule has 1 atom stereocenters. The van der Waals surface area contributed by atoms with Crippen LogP contribution in [0.2, 0.25) is 0 Å². The van der Waals surface area contributed by atoms with E-state index < -0.39 is 5.54 Å². The Bertz CT molecular complexity index is 383. The molecule has 1 N–H and O–H groups in total. The first-order valence-corrected chi connectivity index (χ1v) is 6.14. The Labute approximate surface area is 104 Å². The highest BCUT2D eigenvalue weighted by Crippen LogP contribution is 2.19. The van der Waals surface area contributed by atoms with Crippen molar-refractivity contribution in [1.29, 1.82) is 0 Å². The summed E-state index contributed by atoms with van der Waals surface area (Å²) < 4.78 is 6.36. The summed E-state index contributed by atoms with van der Waals surface area (Å²) in [6, 6.07) is 0. The smallest absolute Gasteiger partial charge is 0.325 e. The predicted octanol–water partition coefficient (Wildman–Crippen LogP) is -0.157. The van der Waals surface area contributed by atoms with Crippen LogP contribution in [0.15, 0.2) is 5.16 Å². The monoisotopic (exact) mass is 259 g/mol. The number of carbonyl (C=O) groups excluding carboxylic acids is 1. The van der Waals surface area contributed by atoms with Crippen molar-refractivity contribution in [2.75, 3.05) is 19.9 Å². The third-order valence-electron chi connectivity index (χ3n) is 2.60. The van der Waals surface area contributed by atoms with Crippen molar-refractivity contribution in [2.24, 2.45) is 7.05 Å². The maximum absolute atomic E-state index is 11.6. The summed E-state index contributed by atoms with van der Waals surface area (Å²) in [5, 5.41) is 14.8. The van der Waals surface area contributed by atoms with Crippen molar-refractivity contribution in [3.8, 4) is 0 Å². The van der Waals surface area contributed by atoms with E-state index in [2.05, 4.69) is 20.8 Å². The molecule has 8 heteroatoms. The minimum Gasteiger partial charge on any atom is -0.468 e. The molecule has 0 saturated heterocycles. The van der Waals surface area contributed by atoms with Gasteiger partial charge in [0.2, 0.25) is 5.16 Å². The molecule has 1 rings (SSSR count). The lowest BCUT2D eigenvalue weighted by Crippen LogP contribution is -2.48. The molecule has 0 spiro atoms. The minimum atomic E-state index is -0.673. The number of carbonyl (C=O) groups is 1. The van der Waals surface area contributed by atoms with Crippen LogP contribution in [0.5, 0.6) is 0 Å². The van der Waals surface area contributed by atoms with Crippen LogP contribution in [-0.2, 0) is 16.6 Å². The summed E-state index contributed by atoms with van der Waals surface area (Å²) in [6.45, 7) is 1.81. The number of ether oxygens (including phenoxy) is 1. The van der Waals surface area contributed by atoms with Crippen molar-refractivity contribution in [3.63, 3.8) is 0 Å². The highest BCUT2D eigenvalue weighted by molar-refractivity contribution is 7.99. The average molecular weight is 259 g/mol. The molecule has 0 aromatic carbocycles. The van der Waals surface area contributed by atoms with Crippen molar-refractivity contribution in [2.45, 2.75) is 24.0 Å². The quantitative estimate of drug-likeness (QED) is 0.561. The van der Waals surface area contributed by atoms with Gasteiger partial charge in [-0.2, -0.15) is 0 Å². The molecule has 1 aromatic rings. The van der Waals surface area contributed by atoms with Crippen molar-refractivity contribution < 1.29 is 9.53 Å². The zero-order chi connectivity index (χ0) is 12.9. The molecule has 1 unspecified atom stereocenters. The van der Waals surface area contributed by atoms with E-state index in [1.807, 2.05) is 6.92 Å². The Hall–Kier alpha value is -1.15. The summed E-state index contributed by atoms with van der Waals surface area (Å²) in [5.74, 6) is 0.456. The molecule has 17 heavy (non-hydrogen) atoms. The second kappa shape index (κ2) is 5.97. The van der Waals surface area contributed by atoms with Gasteiger partial charge in [0, 0.05) is 12.8 Å². The maximum atomic E-state index is 11.6. The standard InChI is InChI=1S/C9H17N5O2S/c1-9(10-2,7(15)16-4)5-6-17-8-11-12-13-14(8)3/h10H,5-6H2,1-4H3. The molecule has 0 aliphatic rings. The number of likely N-dealkylation sites (N-methyl/N-ethyl adjacent to an activating group) is 1. The molecule has 0 aliphatic carbocycles. The molecule has 0 aliphatic heterocycles. The Balaban J connectivity index is 2.49. The number of rotatable bonds is 6. The number of nitrogens with zero attached hydrogens (tertiary/aromatic N) is 4. The Morgan fingerprint density at radius 2 is 2.35 bits per heavy atom. The van der Waals surface area contributed by atoms with Crippen molar-refractivity contribution >= 4 is 17.7 Å². The van der Waals surface area contributed by atoms with Gasteiger partial charge in [0.15, 0.2) is 0 Å². The molecule has 96 valence electrons. The van der Waals surface area contributed by atoms with Crippen molar-refractivity contribution in [1.82, 2.24) is 25.5 Å². The first-order chi connectivity index (χ1) is 8.03. The van der Waals surface area contributed by atoms with Crippen LogP contribution in [0.1, 0.15) is 13.3 Å². The van der Waals surface area contributed by atoms with E-state index in [-0.39, 0.29) is 5.97 Å². The van der Waals surface area contributed by atoms with Crippen LogP contribution < -0.4 is 5.32 Å². The predicted molar refractivity (Wildman–Crippen MR) is 63.6 cm³/mol. The van der Waals surface area contributed by atoms with Crippen LogP contribution in [0.25, 0.3) is 0 Å². The number of aromatic nitrogens is 4. The van der Waals surface area contributed by atoms with Gasteiger partial charge in [-0.15, -0.1) is 5.10 Å². The number of aryl methyl sites for hydroxylation is 1. The van der Waals surface area contributed by atoms with Gasteiger partial charge in [-0.1, -0.05) is 11.8 Å². The van der Waals surface area contributed by atoms with Crippen molar-refractivity contribution in [3.05, 3.63) is 0 Å². The lowest BCUT2D eigenvalue weighted by Gasteiger charge is -2.25. The van der Waals surface area contributed by atoms with Crippen LogP contribution >= 0.6 is 11.8 Å². The maximum Gasteiger partial charge on any atom is 0.325 e. The Kier molecular flexibility index (Phi) is 4.88. The fraction of sp³-hybridized carbons (Fsp3) is 0.778. The number of tetrazole rings is 1. The second-order valence-corrected chi connectivity index (χ2v) is 4.82. The number of hydrogen-bond acceptors (Lipinski definition) is 7. The fourth-order valence-electron chi connectivity index (χ4n) is 1.24. The third kappa shape index (κ3) is 3.40. The summed E-state index contributed by atoms with van der Waals surface area (Å²) in [4.78, 5) is 11.6. The lowest BCUT2D eigenvalue weighted by molar-refractivity contribution is -0.147. The Morgan fingerprint density at radius 3 is 2.82 bits per heavy atom. The van der Waals surface area contributed by atoms with Gasteiger partial charge in [0.25, 0.3) is 0 Å². The summed E-state index contributed by atoms with van der Waals surface area (Å²) in [5.41, 5.74) is -0.673. The number of esters is 1. The van der Waals surface area contributed by atoms with E-state index in [0.29, 0.717) is 6.42 Å². The number of methoxy groups -OCH3 is 1. The molecule has 1 heterocycles. The van der Waals surface area contributed by atoms with Gasteiger partial charge >= 0.3 is 5.97 Å². The van der Waals surface area contributed by atoms with Crippen LogP contribution in [0.4, 0.5) is 0 Å². The summed E-state index contributed by atoms with van der Waals surface area (Å²) in [7, 11) is 4.91. The molecule has 7 nitrogen and oxygen atoms in total. The second-order valence-electron chi connectivity index (χ2n) is 3.76. The lowest BCUT2D eigenvalue weighted by atomic mass is 10.00. The van der Waals surface area contributed by atoms with Crippen LogP contribution in [0, 0.1) is 0 Å². The number of nitrogens with one attached hydrogen (secondary N) is 1. The molecule has 0 radical (unpaired) electrons. The van der Waals surface area contributed by atoms with E-state index in [4.69, 9.17) is 4.74 Å². The van der Waals surface area contributed by atoms with Gasteiger partial charge in [0.1, 0.15) is 5.54 Å². The van der Waals surface area contributed by atoms with E-state index in [1.54, 1.807) is 18.8 Å². The molecule has 0 saturated carbocycles. The first kappa shape index (κ1) is 13.9. The molecule has 1 aromatic heterocycles. The SMILES string of the molecule is CNC(C)(CCSc1nnnn1C)C(=O)OC. The van der Waals surface area contributed by atoms with Gasteiger partial charge < -0.3 is 10.1 Å². The highest BCUT2D eigenvalue weighted by atomic mass is 32.2. The molecule has 0 bridgehead atoms. The summed E-state index contributed by atoms with van der Waals surface area (Å²) in [6.07, 6.45) is 0.633. The van der Waals surface area contributed by atoms with Gasteiger partial charge in [-0.25, -0.2) is 4.68 Å². The average Bonchev–Trinajstić information content (AvgIpc) is 2.74. The van der Waals surface area contributed by atoms with Crippen LogP contribution in [0.3, 0.4) is 0 Å². The minimum absolute atomic E-state index is 0.267. The van der Waals surface area contributed by atoms with Gasteiger partial charge in [-0.05, 0) is 30.8 Å². The van der Waals surface area contributed by atoms with E-state index in [1.165, 1.54) is 18.9 Å². The first-order valence-electron chi connectivity index (χ1n) is 5.16. The Morgan fingerprint density at radius 1 is 1.65 bits per heavy atom. The van der Waals surface area contributed by atoms with Gasteiger partial charge in [-0.3, -0.25) is 4.79 Å². The molecule has 0 fully saturated rings. The van der Waals surface area contributed by atoms with Gasteiger partial charge in [0.05, 0.1) is 7.11 Å². The molecule has 0 amide bonds. The van der Waals surface area contributed by atoms with E-state index in [9.17, 15) is 4.79 Å². The third-order valence-corrected chi connectivity index (χ3v) is 3.61. The number of thioether (sulfide) groups is 1. The normalized spacial score (nSPS) is 14.4. The summed E-state index contributed by atoms with van der Waals surface area (Å²) >= 11 is 1.50. The zero-order valence-electron chi connectivity index (χ0n) is 10.4. The fourth-order valence-corrected chi connectivity index (χ4v) is 2.25. The topological polar surface area (TPSA) is 81.9 Å². The molecular formula is C9H17N5O2S. The largest absolute Gasteiger partial charge is 0.468 e. The number of hydrogen-bond donors (Lipinski definition) is 1. The van der Waals surface area contributed by atoms with E-state index in [0.717, 1.165) is 10.9 Å². The highest BCUT2D eigenvalue weighted by Gasteiger charge is 2.32. The van der Waals surface area contributed by atoms with E-state index >= 15 is 0 Å².